The highest BCUT2D eigenvalue weighted by molar-refractivity contribution is 5.58. The number of anilines is 3. The van der Waals surface area contributed by atoms with Crippen molar-refractivity contribution >= 4 is 17.5 Å². The summed E-state index contributed by atoms with van der Waals surface area (Å²) in [5, 5.41) is 3.35. The van der Waals surface area contributed by atoms with Crippen molar-refractivity contribution in [2.45, 2.75) is 32.9 Å². The van der Waals surface area contributed by atoms with Gasteiger partial charge in [-0.1, -0.05) is 24.3 Å². The maximum absolute atomic E-state index is 5.69. The molecule has 27 heavy (non-hydrogen) atoms. The molecular formula is C22H24N4O. The lowest BCUT2D eigenvalue weighted by molar-refractivity contribution is 0.242. The Kier molecular flexibility index (Phi) is 4.92. The molecule has 3 aromatic rings. The molecule has 2 heterocycles. The van der Waals surface area contributed by atoms with Crippen molar-refractivity contribution in [2.75, 3.05) is 16.8 Å². The number of nitrogens with one attached hydrogen (secondary N) is 1. The summed E-state index contributed by atoms with van der Waals surface area (Å²) >= 11 is 0. The van der Waals surface area contributed by atoms with E-state index in [9.17, 15) is 0 Å². The van der Waals surface area contributed by atoms with Gasteiger partial charge in [0, 0.05) is 25.0 Å². The molecule has 1 N–H and O–H groups in total. The van der Waals surface area contributed by atoms with Gasteiger partial charge in [-0.05, 0) is 61.7 Å². The van der Waals surface area contributed by atoms with Gasteiger partial charge in [-0.2, -0.15) is 4.98 Å². The number of nitrogens with zero attached hydrogens (tertiary/aromatic N) is 3. The number of hydrogen-bond acceptors (Lipinski definition) is 5. The summed E-state index contributed by atoms with van der Waals surface area (Å²) in [5.74, 6) is 2.41. The van der Waals surface area contributed by atoms with Gasteiger partial charge in [0.05, 0.1) is 6.10 Å². The Morgan fingerprint density at radius 1 is 1.00 bits per heavy atom. The van der Waals surface area contributed by atoms with Gasteiger partial charge < -0.3 is 15.0 Å². The average Bonchev–Trinajstić information content (AvgIpc) is 2.69. The summed E-state index contributed by atoms with van der Waals surface area (Å²) in [6, 6.07) is 18.4. The van der Waals surface area contributed by atoms with Crippen LogP contribution in [0.3, 0.4) is 0 Å². The van der Waals surface area contributed by atoms with E-state index in [2.05, 4.69) is 39.5 Å². The van der Waals surface area contributed by atoms with E-state index >= 15 is 0 Å². The zero-order chi connectivity index (χ0) is 18.6. The second-order valence-corrected chi connectivity index (χ2v) is 7.00. The van der Waals surface area contributed by atoms with Gasteiger partial charge in [0.2, 0.25) is 5.95 Å². The summed E-state index contributed by atoms with van der Waals surface area (Å²) < 4.78 is 5.69. The van der Waals surface area contributed by atoms with Crippen molar-refractivity contribution in [1.82, 2.24) is 9.97 Å². The van der Waals surface area contributed by atoms with Gasteiger partial charge in [-0.15, -0.1) is 0 Å². The molecule has 0 fully saturated rings. The summed E-state index contributed by atoms with van der Waals surface area (Å²) in [6.45, 7) is 5.82. The van der Waals surface area contributed by atoms with Crippen molar-refractivity contribution in [3.8, 4) is 5.75 Å². The maximum atomic E-state index is 5.69. The topological polar surface area (TPSA) is 50.3 Å². The Balaban J connectivity index is 1.47. The molecule has 1 aliphatic heterocycles. The molecule has 0 atom stereocenters. The zero-order valence-corrected chi connectivity index (χ0v) is 15.7. The molecule has 2 aromatic carbocycles. The predicted octanol–water partition coefficient (Wildman–Crippen LogP) is 4.57. The van der Waals surface area contributed by atoms with E-state index in [4.69, 9.17) is 9.72 Å². The fourth-order valence-corrected chi connectivity index (χ4v) is 3.27. The summed E-state index contributed by atoms with van der Waals surface area (Å²) in [7, 11) is 0. The van der Waals surface area contributed by atoms with Gasteiger partial charge in [0.1, 0.15) is 11.6 Å². The zero-order valence-electron chi connectivity index (χ0n) is 15.7. The molecule has 5 nitrogen and oxygen atoms in total. The van der Waals surface area contributed by atoms with Crippen molar-refractivity contribution in [3.05, 3.63) is 71.9 Å². The van der Waals surface area contributed by atoms with Crippen LogP contribution in [0.4, 0.5) is 17.5 Å². The van der Waals surface area contributed by atoms with E-state index in [0.29, 0.717) is 0 Å². The lowest BCUT2D eigenvalue weighted by atomic mass is 10.0. The standard InChI is InChI=1S/C22H24N4O/c1-16(2)27-20-9-7-19(8-10-20)24-21-11-13-23-22(25-21)26-14-12-17-5-3-4-6-18(17)15-26/h3-11,13,16H,12,14-15H2,1-2H3,(H,23,24,25). The first-order chi connectivity index (χ1) is 13.2. The van der Waals surface area contributed by atoms with Crippen LogP contribution in [0.15, 0.2) is 60.8 Å². The van der Waals surface area contributed by atoms with Gasteiger partial charge >= 0.3 is 0 Å². The molecule has 0 saturated heterocycles. The summed E-state index contributed by atoms with van der Waals surface area (Å²) in [6.07, 6.45) is 3.00. The van der Waals surface area contributed by atoms with Gasteiger partial charge in [-0.25, -0.2) is 4.98 Å². The van der Waals surface area contributed by atoms with Crippen LogP contribution in [0.5, 0.6) is 5.75 Å². The number of aromatic nitrogens is 2. The number of benzene rings is 2. The van der Waals surface area contributed by atoms with E-state index in [1.165, 1.54) is 11.1 Å². The van der Waals surface area contributed by atoms with Crippen LogP contribution in [0.2, 0.25) is 0 Å². The minimum absolute atomic E-state index is 0.169. The molecule has 4 rings (SSSR count). The Hall–Kier alpha value is -3.08. The molecule has 0 bridgehead atoms. The molecule has 0 radical (unpaired) electrons. The van der Waals surface area contributed by atoms with Crippen molar-refractivity contribution in [3.63, 3.8) is 0 Å². The van der Waals surface area contributed by atoms with Gasteiger partial charge in [0.15, 0.2) is 0 Å². The van der Waals surface area contributed by atoms with Crippen LogP contribution in [0.25, 0.3) is 0 Å². The van der Waals surface area contributed by atoms with Crippen LogP contribution < -0.4 is 15.0 Å². The lowest BCUT2D eigenvalue weighted by Crippen LogP contribution is -2.31. The number of rotatable bonds is 5. The van der Waals surface area contributed by atoms with Crippen molar-refractivity contribution in [2.24, 2.45) is 0 Å². The van der Waals surface area contributed by atoms with E-state index < -0.39 is 0 Å². The fraction of sp³-hybridized carbons (Fsp3) is 0.273. The largest absolute Gasteiger partial charge is 0.491 e. The molecule has 1 aromatic heterocycles. The molecular weight excluding hydrogens is 336 g/mol. The Bertz CT molecular complexity index is 908. The van der Waals surface area contributed by atoms with Crippen LogP contribution in [-0.2, 0) is 13.0 Å². The molecule has 0 saturated carbocycles. The Morgan fingerprint density at radius 3 is 2.56 bits per heavy atom. The highest BCUT2D eigenvalue weighted by Gasteiger charge is 2.18. The van der Waals surface area contributed by atoms with E-state index in [-0.39, 0.29) is 6.10 Å². The third-order valence-electron chi connectivity index (χ3n) is 4.55. The smallest absolute Gasteiger partial charge is 0.227 e. The van der Waals surface area contributed by atoms with Crippen LogP contribution >= 0.6 is 0 Å². The quantitative estimate of drug-likeness (QED) is 0.722. The number of hydrogen-bond donors (Lipinski definition) is 1. The van der Waals surface area contributed by atoms with Crippen molar-refractivity contribution < 1.29 is 4.74 Å². The summed E-state index contributed by atoms with van der Waals surface area (Å²) in [4.78, 5) is 11.4. The normalized spacial score (nSPS) is 13.4. The van der Waals surface area contributed by atoms with E-state index in [1.807, 2.05) is 44.2 Å². The summed E-state index contributed by atoms with van der Waals surface area (Å²) in [5.41, 5.74) is 3.75. The number of fused-ring (bicyclic) bond motifs is 1. The van der Waals surface area contributed by atoms with Crippen LogP contribution in [0, 0.1) is 0 Å². The Labute approximate surface area is 160 Å². The van der Waals surface area contributed by atoms with Gasteiger partial charge in [0.25, 0.3) is 0 Å². The minimum atomic E-state index is 0.169. The van der Waals surface area contributed by atoms with Crippen LogP contribution in [0.1, 0.15) is 25.0 Å². The SMILES string of the molecule is CC(C)Oc1ccc(Nc2ccnc(N3CCc4ccccc4C3)n2)cc1. The first kappa shape index (κ1) is 17.3. The van der Waals surface area contributed by atoms with Crippen LogP contribution in [-0.4, -0.2) is 22.6 Å². The minimum Gasteiger partial charge on any atom is -0.491 e. The van der Waals surface area contributed by atoms with Gasteiger partial charge in [-0.3, -0.25) is 0 Å². The third-order valence-corrected chi connectivity index (χ3v) is 4.55. The molecule has 0 aliphatic carbocycles. The average molecular weight is 360 g/mol. The second kappa shape index (κ2) is 7.66. The maximum Gasteiger partial charge on any atom is 0.227 e. The molecule has 0 unspecified atom stereocenters. The van der Waals surface area contributed by atoms with E-state index in [0.717, 1.165) is 42.7 Å². The number of ether oxygens (including phenoxy) is 1. The van der Waals surface area contributed by atoms with Crippen molar-refractivity contribution in [1.29, 1.82) is 0 Å². The monoisotopic (exact) mass is 360 g/mol. The highest BCUT2D eigenvalue weighted by Crippen LogP contribution is 2.24. The second-order valence-electron chi connectivity index (χ2n) is 7.00. The molecule has 138 valence electrons. The Morgan fingerprint density at radius 2 is 1.78 bits per heavy atom. The predicted molar refractivity (Wildman–Crippen MR) is 109 cm³/mol. The van der Waals surface area contributed by atoms with E-state index in [1.54, 1.807) is 6.20 Å². The third kappa shape index (κ3) is 4.19. The molecule has 5 heteroatoms. The highest BCUT2D eigenvalue weighted by atomic mass is 16.5. The molecule has 1 aliphatic rings. The first-order valence-corrected chi connectivity index (χ1v) is 9.36. The molecule has 0 amide bonds. The fourth-order valence-electron chi connectivity index (χ4n) is 3.27. The lowest BCUT2D eigenvalue weighted by Gasteiger charge is -2.28. The molecule has 0 spiro atoms. The first-order valence-electron chi connectivity index (χ1n) is 9.36.